The highest BCUT2D eigenvalue weighted by atomic mass is 35.5. The second kappa shape index (κ2) is 8.79. The summed E-state index contributed by atoms with van der Waals surface area (Å²) in [6, 6.07) is 2.74. The molecular weight excluding hydrogens is 328 g/mol. The van der Waals surface area contributed by atoms with E-state index in [0.29, 0.717) is 25.8 Å². The molecule has 0 bridgehead atoms. The molecule has 1 heterocycles. The Morgan fingerprint density at radius 3 is 2.61 bits per heavy atom. The highest BCUT2D eigenvalue weighted by molar-refractivity contribution is 6.01. The van der Waals surface area contributed by atoms with Crippen molar-refractivity contribution < 1.29 is 18.4 Å². The van der Waals surface area contributed by atoms with E-state index in [-0.39, 0.29) is 30.5 Å². The van der Waals surface area contributed by atoms with Gasteiger partial charge in [0.05, 0.1) is 0 Å². The van der Waals surface area contributed by atoms with Gasteiger partial charge in [-0.15, -0.1) is 12.4 Å². The van der Waals surface area contributed by atoms with E-state index in [0.717, 1.165) is 17.0 Å². The summed E-state index contributed by atoms with van der Waals surface area (Å²) in [6.07, 6.45) is 1.30. The molecule has 0 aliphatic carbocycles. The van der Waals surface area contributed by atoms with E-state index in [2.05, 4.69) is 10.6 Å². The van der Waals surface area contributed by atoms with Gasteiger partial charge in [-0.2, -0.15) is 0 Å². The van der Waals surface area contributed by atoms with E-state index in [9.17, 15) is 18.4 Å². The van der Waals surface area contributed by atoms with Gasteiger partial charge in [0.25, 0.3) is 0 Å². The largest absolute Gasteiger partial charge is 0.344 e. The molecule has 128 valence electrons. The van der Waals surface area contributed by atoms with Crippen LogP contribution in [0, 0.1) is 11.6 Å². The number of amides is 2. The van der Waals surface area contributed by atoms with Gasteiger partial charge in [-0.1, -0.05) is 6.07 Å². The highest BCUT2D eigenvalue weighted by Gasteiger charge is 2.35. The molecule has 2 amide bonds. The van der Waals surface area contributed by atoms with Crippen LogP contribution < -0.4 is 15.5 Å². The van der Waals surface area contributed by atoms with Gasteiger partial charge in [-0.3, -0.25) is 9.59 Å². The topological polar surface area (TPSA) is 61.4 Å². The van der Waals surface area contributed by atoms with Crippen molar-refractivity contribution in [3.8, 4) is 0 Å². The van der Waals surface area contributed by atoms with Crippen LogP contribution in [0.15, 0.2) is 18.2 Å². The fourth-order valence-corrected chi connectivity index (χ4v) is 2.47. The van der Waals surface area contributed by atoms with Gasteiger partial charge in [0.1, 0.15) is 23.4 Å². The average Bonchev–Trinajstić information content (AvgIpc) is 2.81. The van der Waals surface area contributed by atoms with Crippen LogP contribution in [0.3, 0.4) is 0 Å². The first-order valence-corrected chi connectivity index (χ1v) is 7.24. The van der Waals surface area contributed by atoms with Crippen LogP contribution in [0.25, 0.3) is 0 Å². The summed E-state index contributed by atoms with van der Waals surface area (Å²) in [4.78, 5) is 25.0. The molecule has 0 saturated carbocycles. The number of nitrogens with zero attached hydrogens (tertiary/aromatic N) is 1. The number of hydrogen-bond acceptors (Lipinski definition) is 3. The molecule has 1 atom stereocenters. The van der Waals surface area contributed by atoms with Crippen LogP contribution >= 0.6 is 12.4 Å². The lowest BCUT2D eigenvalue weighted by Crippen LogP contribution is -2.42. The molecule has 1 saturated heterocycles. The molecule has 1 aliphatic heterocycles. The van der Waals surface area contributed by atoms with Crippen LogP contribution in [-0.2, 0) is 9.59 Å². The van der Waals surface area contributed by atoms with E-state index in [1.165, 1.54) is 6.07 Å². The lowest BCUT2D eigenvalue weighted by atomic mass is 10.2. The summed E-state index contributed by atoms with van der Waals surface area (Å²) >= 11 is 0. The van der Waals surface area contributed by atoms with Crippen molar-refractivity contribution in [3.63, 3.8) is 0 Å². The van der Waals surface area contributed by atoms with Crippen molar-refractivity contribution in [2.45, 2.75) is 25.3 Å². The quantitative estimate of drug-likeness (QED) is 0.769. The van der Waals surface area contributed by atoms with E-state index in [1.807, 2.05) is 0 Å². The summed E-state index contributed by atoms with van der Waals surface area (Å²) in [5, 5.41) is 5.55. The zero-order valence-electron chi connectivity index (χ0n) is 12.8. The maximum Gasteiger partial charge on any atom is 0.249 e. The minimum absolute atomic E-state index is 0. The van der Waals surface area contributed by atoms with Crippen LogP contribution in [0.2, 0.25) is 0 Å². The number of carbonyl (C=O) groups excluding carboxylic acids is 2. The third-order valence-corrected chi connectivity index (χ3v) is 3.58. The third kappa shape index (κ3) is 4.62. The summed E-state index contributed by atoms with van der Waals surface area (Å²) < 4.78 is 27.5. The maximum atomic E-state index is 13.7. The first kappa shape index (κ1) is 19.3. The minimum Gasteiger partial charge on any atom is -0.344 e. The van der Waals surface area contributed by atoms with Crippen molar-refractivity contribution in [2.24, 2.45) is 0 Å². The number of benzene rings is 1. The lowest BCUT2D eigenvalue weighted by molar-refractivity contribution is -0.126. The van der Waals surface area contributed by atoms with Crippen molar-refractivity contribution in [3.05, 3.63) is 29.8 Å². The Morgan fingerprint density at radius 2 is 2.00 bits per heavy atom. The zero-order chi connectivity index (χ0) is 16.1. The number of halogens is 3. The van der Waals surface area contributed by atoms with E-state index >= 15 is 0 Å². The zero-order valence-corrected chi connectivity index (χ0v) is 13.6. The first-order chi connectivity index (χ1) is 10.5. The van der Waals surface area contributed by atoms with Crippen LogP contribution in [-0.4, -0.2) is 38.0 Å². The molecule has 1 aliphatic rings. The molecule has 1 aromatic carbocycles. The Morgan fingerprint density at radius 1 is 1.35 bits per heavy atom. The van der Waals surface area contributed by atoms with Gasteiger partial charge in [-0.05, 0) is 38.6 Å². The molecule has 2 rings (SSSR count). The monoisotopic (exact) mass is 347 g/mol. The molecule has 23 heavy (non-hydrogen) atoms. The summed E-state index contributed by atoms with van der Waals surface area (Å²) in [5.74, 6) is -2.28. The molecule has 1 unspecified atom stereocenters. The summed E-state index contributed by atoms with van der Waals surface area (Å²) in [5.41, 5.74) is -0.348. The minimum atomic E-state index is -0.783. The van der Waals surface area contributed by atoms with Gasteiger partial charge in [0.2, 0.25) is 11.8 Å². The number of nitrogens with one attached hydrogen (secondary N) is 2. The number of para-hydroxylation sites is 1. The smallest absolute Gasteiger partial charge is 0.249 e. The van der Waals surface area contributed by atoms with Gasteiger partial charge in [0.15, 0.2) is 0 Å². The molecule has 1 fully saturated rings. The van der Waals surface area contributed by atoms with Gasteiger partial charge >= 0.3 is 0 Å². The first-order valence-electron chi connectivity index (χ1n) is 7.24. The van der Waals surface area contributed by atoms with Crippen molar-refractivity contribution in [1.29, 1.82) is 0 Å². The highest BCUT2D eigenvalue weighted by Crippen LogP contribution is 2.27. The average molecular weight is 348 g/mol. The Hall–Kier alpha value is -1.73. The predicted molar refractivity (Wildman–Crippen MR) is 85.7 cm³/mol. The molecule has 2 N–H and O–H groups in total. The van der Waals surface area contributed by atoms with Crippen molar-refractivity contribution >= 4 is 29.9 Å². The predicted octanol–water partition coefficient (Wildman–Crippen LogP) is 1.61. The van der Waals surface area contributed by atoms with Crippen LogP contribution in [0.5, 0.6) is 0 Å². The molecule has 0 radical (unpaired) electrons. The van der Waals surface area contributed by atoms with E-state index in [4.69, 9.17) is 0 Å². The Labute approximate surface area is 139 Å². The van der Waals surface area contributed by atoms with Gasteiger partial charge in [-0.25, -0.2) is 8.78 Å². The molecular formula is C15H20ClF2N3O2. The van der Waals surface area contributed by atoms with Gasteiger partial charge in [0, 0.05) is 13.0 Å². The Balaban J connectivity index is 0.00000264. The summed E-state index contributed by atoms with van der Waals surface area (Å²) in [6.45, 7) is 0.886. The maximum absolute atomic E-state index is 13.7. The number of hydrogen-bond donors (Lipinski definition) is 2. The molecule has 0 aromatic heterocycles. The standard InChI is InChI=1S/C15H19F2N3O2.ClH/c1-18-8-3-6-13(21)19-12-7-9-20(15(12)22)14-10(16)4-2-5-11(14)17;/h2,4-5,12,18H,3,6-9H2,1H3,(H,19,21);1H. The van der Waals surface area contributed by atoms with E-state index in [1.54, 1.807) is 7.05 Å². The Kier molecular flexibility index (Phi) is 7.38. The fraction of sp³-hybridized carbons (Fsp3) is 0.467. The molecule has 1 aromatic rings. The number of anilines is 1. The van der Waals surface area contributed by atoms with Crippen LogP contribution in [0.1, 0.15) is 19.3 Å². The number of carbonyl (C=O) groups is 2. The van der Waals surface area contributed by atoms with Crippen molar-refractivity contribution in [2.75, 3.05) is 25.0 Å². The normalized spacial score (nSPS) is 17.1. The van der Waals surface area contributed by atoms with Gasteiger partial charge < -0.3 is 15.5 Å². The second-order valence-corrected chi connectivity index (χ2v) is 5.18. The van der Waals surface area contributed by atoms with Crippen LogP contribution in [0.4, 0.5) is 14.5 Å². The molecule has 5 nitrogen and oxygen atoms in total. The SMILES string of the molecule is CNCCCC(=O)NC1CCN(c2c(F)cccc2F)C1=O.Cl. The molecule has 8 heteroatoms. The fourth-order valence-electron chi connectivity index (χ4n) is 2.47. The molecule has 0 spiro atoms. The van der Waals surface area contributed by atoms with E-state index < -0.39 is 23.6 Å². The second-order valence-electron chi connectivity index (χ2n) is 5.18. The lowest BCUT2D eigenvalue weighted by Gasteiger charge is -2.18. The summed E-state index contributed by atoms with van der Waals surface area (Å²) in [7, 11) is 1.79. The van der Waals surface area contributed by atoms with Crippen molar-refractivity contribution in [1.82, 2.24) is 10.6 Å². The third-order valence-electron chi connectivity index (χ3n) is 3.58. The number of rotatable bonds is 6. The Bertz CT molecular complexity index is 551.